The van der Waals surface area contributed by atoms with E-state index in [-0.39, 0.29) is 24.3 Å². The smallest absolute Gasteiger partial charge is 0.227 e. The minimum atomic E-state index is -0.525. The molecule has 5 heteroatoms. The largest absolute Gasteiger partial charge is 0.351 e. The van der Waals surface area contributed by atoms with Gasteiger partial charge in [0.25, 0.3) is 0 Å². The molecule has 1 fully saturated rings. The highest BCUT2D eigenvalue weighted by Gasteiger charge is 2.42. The lowest BCUT2D eigenvalue weighted by Gasteiger charge is -2.27. The molecule has 1 saturated carbocycles. The Morgan fingerprint density at radius 3 is 3.00 bits per heavy atom. The highest BCUT2D eigenvalue weighted by Crippen LogP contribution is 2.36. The summed E-state index contributed by atoms with van der Waals surface area (Å²) in [5.74, 6) is -0.402. The van der Waals surface area contributed by atoms with E-state index in [0.29, 0.717) is 5.56 Å². The summed E-state index contributed by atoms with van der Waals surface area (Å²) in [4.78, 5) is 12.2. The first-order valence-electron chi connectivity index (χ1n) is 6.41. The number of nitrogens with two attached hydrogens (primary N) is 1. The number of halogens is 2. The number of carbonyl (C=O) groups is 1. The van der Waals surface area contributed by atoms with Gasteiger partial charge >= 0.3 is 0 Å². The van der Waals surface area contributed by atoms with E-state index in [2.05, 4.69) is 21.2 Å². The van der Waals surface area contributed by atoms with Crippen LogP contribution < -0.4 is 11.1 Å². The van der Waals surface area contributed by atoms with Crippen LogP contribution >= 0.6 is 15.9 Å². The van der Waals surface area contributed by atoms with Crippen molar-refractivity contribution in [1.29, 1.82) is 0 Å². The summed E-state index contributed by atoms with van der Waals surface area (Å²) in [6.07, 6.45) is 2.63. The summed E-state index contributed by atoms with van der Waals surface area (Å²) in [6.45, 7) is 2.07. The fourth-order valence-corrected chi connectivity index (χ4v) is 2.94. The summed E-state index contributed by atoms with van der Waals surface area (Å²) in [7, 11) is 0. The highest BCUT2D eigenvalue weighted by atomic mass is 79.9. The average molecular weight is 329 g/mol. The molecule has 3 nitrogen and oxygen atoms in total. The Bertz CT molecular complexity index is 494. The molecule has 0 heterocycles. The van der Waals surface area contributed by atoms with Crippen molar-refractivity contribution in [3.05, 3.63) is 34.1 Å². The van der Waals surface area contributed by atoms with Gasteiger partial charge in [-0.25, -0.2) is 4.39 Å². The zero-order valence-electron chi connectivity index (χ0n) is 10.9. The fraction of sp³-hybridized carbons (Fsp3) is 0.500. The van der Waals surface area contributed by atoms with Crippen LogP contribution in [0, 0.1) is 11.2 Å². The van der Waals surface area contributed by atoms with Crippen molar-refractivity contribution >= 4 is 21.8 Å². The summed E-state index contributed by atoms with van der Waals surface area (Å²) in [5, 5.41) is 2.80. The van der Waals surface area contributed by atoms with E-state index in [1.165, 1.54) is 6.07 Å². The second-order valence-electron chi connectivity index (χ2n) is 5.33. The van der Waals surface area contributed by atoms with Crippen LogP contribution in [0.25, 0.3) is 0 Å². The molecule has 104 valence electrons. The standard InChI is InChI=1S/C14H18BrFN2O/c1-14(6-2-3-12(14)17)13(19)18-8-9-7-10(15)4-5-11(9)16/h4-5,7,12H,2-3,6,8,17H2,1H3,(H,18,19). The molecule has 19 heavy (non-hydrogen) atoms. The predicted molar refractivity (Wildman–Crippen MR) is 75.9 cm³/mol. The van der Waals surface area contributed by atoms with Crippen molar-refractivity contribution in [3.8, 4) is 0 Å². The van der Waals surface area contributed by atoms with Gasteiger partial charge in [0.05, 0.1) is 5.41 Å². The van der Waals surface area contributed by atoms with Crippen molar-refractivity contribution < 1.29 is 9.18 Å². The van der Waals surface area contributed by atoms with E-state index in [9.17, 15) is 9.18 Å². The number of amides is 1. The molecule has 1 aromatic carbocycles. The van der Waals surface area contributed by atoms with E-state index in [1.54, 1.807) is 12.1 Å². The Balaban J connectivity index is 2.02. The molecule has 1 aromatic rings. The third-order valence-electron chi connectivity index (χ3n) is 4.00. The first kappa shape index (κ1) is 14.5. The van der Waals surface area contributed by atoms with Crippen LogP contribution in [0.3, 0.4) is 0 Å². The third-order valence-corrected chi connectivity index (χ3v) is 4.49. The first-order chi connectivity index (χ1) is 8.93. The highest BCUT2D eigenvalue weighted by molar-refractivity contribution is 9.10. The van der Waals surface area contributed by atoms with Gasteiger partial charge < -0.3 is 11.1 Å². The normalized spacial score (nSPS) is 26.4. The molecule has 0 bridgehead atoms. The van der Waals surface area contributed by atoms with Crippen LogP contribution in [-0.2, 0) is 11.3 Å². The maximum absolute atomic E-state index is 13.6. The van der Waals surface area contributed by atoms with Crippen molar-refractivity contribution in [2.24, 2.45) is 11.1 Å². The first-order valence-corrected chi connectivity index (χ1v) is 7.20. The Hall–Kier alpha value is -0.940. The summed E-state index contributed by atoms with van der Waals surface area (Å²) in [6, 6.07) is 4.58. The second-order valence-corrected chi connectivity index (χ2v) is 6.25. The van der Waals surface area contributed by atoms with Gasteiger partial charge in [0, 0.05) is 22.6 Å². The lowest BCUT2D eigenvalue weighted by Crippen LogP contribution is -2.47. The number of rotatable bonds is 3. The lowest BCUT2D eigenvalue weighted by atomic mass is 9.84. The van der Waals surface area contributed by atoms with Crippen LogP contribution in [0.4, 0.5) is 4.39 Å². The van der Waals surface area contributed by atoms with Gasteiger partial charge in [0.2, 0.25) is 5.91 Å². The Labute approximate surface area is 120 Å². The van der Waals surface area contributed by atoms with E-state index < -0.39 is 5.41 Å². The van der Waals surface area contributed by atoms with Crippen molar-refractivity contribution in [2.75, 3.05) is 0 Å². The monoisotopic (exact) mass is 328 g/mol. The Kier molecular flexibility index (Phi) is 4.26. The van der Waals surface area contributed by atoms with Crippen molar-refractivity contribution in [3.63, 3.8) is 0 Å². The van der Waals surface area contributed by atoms with Gasteiger partial charge in [-0.15, -0.1) is 0 Å². The van der Waals surface area contributed by atoms with E-state index in [4.69, 9.17) is 5.73 Å². The number of nitrogens with one attached hydrogen (secondary N) is 1. The molecule has 0 saturated heterocycles. The van der Waals surface area contributed by atoms with Gasteiger partial charge in [-0.3, -0.25) is 4.79 Å². The zero-order chi connectivity index (χ0) is 14.0. The van der Waals surface area contributed by atoms with Gasteiger partial charge in [0.15, 0.2) is 0 Å². The molecule has 0 aliphatic heterocycles. The Morgan fingerprint density at radius 1 is 1.63 bits per heavy atom. The van der Waals surface area contributed by atoms with E-state index in [0.717, 1.165) is 23.7 Å². The van der Waals surface area contributed by atoms with Gasteiger partial charge in [-0.1, -0.05) is 22.4 Å². The summed E-state index contributed by atoms with van der Waals surface area (Å²) >= 11 is 3.29. The lowest BCUT2D eigenvalue weighted by molar-refractivity contribution is -0.130. The maximum Gasteiger partial charge on any atom is 0.227 e. The molecule has 1 amide bonds. The van der Waals surface area contributed by atoms with E-state index >= 15 is 0 Å². The number of hydrogen-bond acceptors (Lipinski definition) is 2. The molecule has 1 aliphatic carbocycles. The second kappa shape index (κ2) is 5.59. The molecule has 2 atom stereocenters. The van der Waals surface area contributed by atoms with Gasteiger partial charge in [0.1, 0.15) is 5.82 Å². The minimum absolute atomic E-state index is 0.0862. The van der Waals surface area contributed by atoms with Crippen LogP contribution in [-0.4, -0.2) is 11.9 Å². The van der Waals surface area contributed by atoms with Crippen LogP contribution in [0.5, 0.6) is 0 Å². The SMILES string of the molecule is CC1(C(=O)NCc2cc(Br)ccc2F)CCCC1N. The topological polar surface area (TPSA) is 55.1 Å². The molecule has 0 radical (unpaired) electrons. The molecule has 2 unspecified atom stereocenters. The summed E-state index contributed by atoms with van der Waals surface area (Å²) in [5.41, 5.74) is 5.94. The maximum atomic E-state index is 13.6. The number of benzene rings is 1. The molecule has 1 aliphatic rings. The number of carbonyl (C=O) groups excluding carboxylic acids is 1. The summed E-state index contributed by atoms with van der Waals surface area (Å²) < 4.78 is 14.4. The van der Waals surface area contributed by atoms with Gasteiger partial charge in [-0.05, 0) is 38.0 Å². The van der Waals surface area contributed by atoms with Crippen LogP contribution in [0.15, 0.2) is 22.7 Å². The average Bonchev–Trinajstić information content (AvgIpc) is 2.71. The molecule has 0 spiro atoms. The molecule has 3 N–H and O–H groups in total. The molecule has 2 rings (SSSR count). The van der Waals surface area contributed by atoms with Crippen molar-refractivity contribution in [2.45, 2.75) is 38.8 Å². The molecule has 0 aromatic heterocycles. The third kappa shape index (κ3) is 2.98. The van der Waals surface area contributed by atoms with Crippen LogP contribution in [0.2, 0.25) is 0 Å². The van der Waals surface area contributed by atoms with Crippen molar-refractivity contribution in [1.82, 2.24) is 5.32 Å². The number of hydrogen-bond donors (Lipinski definition) is 2. The minimum Gasteiger partial charge on any atom is -0.351 e. The fourth-order valence-electron chi connectivity index (χ4n) is 2.53. The zero-order valence-corrected chi connectivity index (χ0v) is 12.5. The quantitative estimate of drug-likeness (QED) is 0.896. The predicted octanol–water partition coefficient (Wildman–Crippen LogP) is 2.72. The molecular formula is C14H18BrFN2O. The van der Waals surface area contributed by atoms with Crippen LogP contribution in [0.1, 0.15) is 31.7 Å². The van der Waals surface area contributed by atoms with Gasteiger partial charge in [-0.2, -0.15) is 0 Å². The Morgan fingerprint density at radius 2 is 2.37 bits per heavy atom. The van der Waals surface area contributed by atoms with E-state index in [1.807, 2.05) is 6.92 Å². The molecular weight excluding hydrogens is 311 g/mol.